The lowest BCUT2D eigenvalue weighted by Gasteiger charge is -2.33. The molecule has 4 atom stereocenters. The number of ether oxygens (including phenoxy) is 1. The molecular formula is C15H31NO. The number of nitrogens with one attached hydrogen (secondary N) is 1. The van der Waals surface area contributed by atoms with Gasteiger partial charge in [-0.3, -0.25) is 0 Å². The Hall–Kier alpha value is -0.0800. The van der Waals surface area contributed by atoms with Crippen LogP contribution in [-0.4, -0.2) is 25.3 Å². The van der Waals surface area contributed by atoms with E-state index < -0.39 is 0 Å². The Morgan fingerprint density at radius 1 is 1.18 bits per heavy atom. The van der Waals surface area contributed by atoms with Gasteiger partial charge in [-0.25, -0.2) is 0 Å². The minimum Gasteiger partial charge on any atom is -0.377 e. The van der Waals surface area contributed by atoms with Crippen molar-refractivity contribution in [1.29, 1.82) is 0 Å². The molecule has 0 radical (unpaired) electrons. The normalized spacial score (nSPS) is 31.4. The molecule has 2 heteroatoms. The summed E-state index contributed by atoms with van der Waals surface area (Å²) in [6, 6.07) is 0.555. The molecule has 1 fully saturated rings. The molecule has 1 aliphatic rings. The fraction of sp³-hybridized carbons (Fsp3) is 1.00. The van der Waals surface area contributed by atoms with Crippen LogP contribution < -0.4 is 5.32 Å². The summed E-state index contributed by atoms with van der Waals surface area (Å²) in [6.45, 7) is 11.1. The Labute approximate surface area is 108 Å². The van der Waals surface area contributed by atoms with Crippen molar-refractivity contribution >= 4 is 0 Å². The van der Waals surface area contributed by atoms with Gasteiger partial charge in [0.15, 0.2) is 0 Å². The molecule has 2 nitrogen and oxygen atoms in total. The van der Waals surface area contributed by atoms with Crippen LogP contribution in [0.2, 0.25) is 0 Å². The first-order chi connectivity index (χ1) is 8.17. The molecule has 0 aromatic carbocycles. The summed E-state index contributed by atoms with van der Waals surface area (Å²) >= 11 is 0. The molecular weight excluding hydrogens is 210 g/mol. The Morgan fingerprint density at radius 2 is 1.94 bits per heavy atom. The maximum Gasteiger partial charge on any atom is 0.0623 e. The fourth-order valence-electron chi connectivity index (χ4n) is 2.78. The molecule has 0 amide bonds. The van der Waals surface area contributed by atoms with E-state index in [1.54, 1.807) is 0 Å². The largest absolute Gasteiger partial charge is 0.377 e. The molecule has 0 aromatic rings. The van der Waals surface area contributed by atoms with E-state index in [4.69, 9.17) is 4.74 Å². The maximum atomic E-state index is 6.11. The summed E-state index contributed by atoms with van der Waals surface area (Å²) in [6.07, 6.45) is 6.83. The monoisotopic (exact) mass is 241 g/mol. The fourth-order valence-corrected chi connectivity index (χ4v) is 2.78. The van der Waals surface area contributed by atoms with Crippen LogP contribution in [0.1, 0.15) is 59.8 Å². The predicted molar refractivity (Wildman–Crippen MR) is 74.3 cm³/mol. The van der Waals surface area contributed by atoms with E-state index in [1.165, 1.54) is 32.1 Å². The number of hydrogen-bond acceptors (Lipinski definition) is 2. The zero-order valence-corrected chi connectivity index (χ0v) is 12.2. The summed E-state index contributed by atoms with van der Waals surface area (Å²) in [7, 11) is 0. The van der Waals surface area contributed by atoms with E-state index in [1.807, 2.05) is 0 Å². The van der Waals surface area contributed by atoms with Crippen LogP contribution in [0.4, 0.5) is 0 Å². The molecule has 17 heavy (non-hydrogen) atoms. The SMILES string of the molecule is CCCC(COC1CCC(C)C(C)C1)NCC. The van der Waals surface area contributed by atoms with Crippen molar-refractivity contribution in [3.63, 3.8) is 0 Å². The summed E-state index contributed by atoms with van der Waals surface area (Å²) < 4.78 is 6.11. The predicted octanol–water partition coefficient (Wildman–Crippen LogP) is 3.61. The maximum absolute atomic E-state index is 6.11. The Balaban J connectivity index is 2.24. The van der Waals surface area contributed by atoms with Crippen molar-refractivity contribution in [3.8, 4) is 0 Å². The minimum absolute atomic E-state index is 0.513. The van der Waals surface area contributed by atoms with Crippen LogP contribution in [0.15, 0.2) is 0 Å². The highest BCUT2D eigenvalue weighted by atomic mass is 16.5. The molecule has 0 aliphatic heterocycles. The highest BCUT2D eigenvalue weighted by molar-refractivity contribution is 4.76. The highest BCUT2D eigenvalue weighted by Gasteiger charge is 2.25. The van der Waals surface area contributed by atoms with Gasteiger partial charge in [0, 0.05) is 6.04 Å². The lowest BCUT2D eigenvalue weighted by Crippen LogP contribution is -2.36. The zero-order chi connectivity index (χ0) is 12.7. The first-order valence-electron chi connectivity index (χ1n) is 7.52. The van der Waals surface area contributed by atoms with Gasteiger partial charge in [-0.1, -0.05) is 34.1 Å². The van der Waals surface area contributed by atoms with E-state index in [-0.39, 0.29) is 0 Å². The lowest BCUT2D eigenvalue weighted by atomic mass is 9.80. The van der Waals surface area contributed by atoms with Gasteiger partial charge in [0.1, 0.15) is 0 Å². The first-order valence-corrected chi connectivity index (χ1v) is 7.52. The quantitative estimate of drug-likeness (QED) is 0.735. The third-order valence-electron chi connectivity index (χ3n) is 4.21. The molecule has 4 unspecified atom stereocenters. The lowest BCUT2D eigenvalue weighted by molar-refractivity contribution is -0.00805. The average molecular weight is 241 g/mol. The molecule has 1 rings (SSSR count). The summed E-state index contributed by atoms with van der Waals surface area (Å²) in [5, 5.41) is 3.52. The summed E-state index contributed by atoms with van der Waals surface area (Å²) in [5.74, 6) is 1.72. The average Bonchev–Trinajstić information content (AvgIpc) is 2.31. The molecule has 0 aromatic heterocycles. The molecule has 0 heterocycles. The second kappa shape index (κ2) is 8.10. The van der Waals surface area contributed by atoms with E-state index in [2.05, 4.69) is 33.0 Å². The second-order valence-electron chi connectivity index (χ2n) is 5.77. The number of hydrogen-bond donors (Lipinski definition) is 1. The van der Waals surface area contributed by atoms with E-state index >= 15 is 0 Å². The van der Waals surface area contributed by atoms with E-state index in [0.29, 0.717) is 12.1 Å². The third kappa shape index (κ3) is 5.39. The molecule has 1 aliphatic carbocycles. The molecule has 1 N–H and O–H groups in total. The van der Waals surface area contributed by atoms with Gasteiger partial charge in [-0.05, 0) is 44.1 Å². The van der Waals surface area contributed by atoms with Gasteiger partial charge in [-0.15, -0.1) is 0 Å². The minimum atomic E-state index is 0.513. The van der Waals surface area contributed by atoms with Gasteiger partial charge in [-0.2, -0.15) is 0 Å². The molecule has 0 spiro atoms. The van der Waals surface area contributed by atoms with Crippen LogP contribution in [0.25, 0.3) is 0 Å². The van der Waals surface area contributed by atoms with Crippen LogP contribution in [0.3, 0.4) is 0 Å². The van der Waals surface area contributed by atoms with Crippen LogP contribution in [-0.2, 0) is 4.74 Å². The van der Waals surface area contributed by atoms with Crippen molar-refractivity contribution in [1.82, 2.24) is 5.32 Å². The van der Waals surface area contributed by atoms with Crippen molar-refractivity contribution in [3.05, 3.63) is 0 Å². The molecule has 0 saturated heterocycles. The first kappa shape index (κ1) is 15.0. The van der Waals surface area contributed by atoms with Gasteiger partial charge >= 0.3 is 0 Å². The van der Waals surface area contributed by atoms with Crippen molar-refractivity contribution in [2.24, 2.45) is 11.8 Å². The third-order valence-corrected chi connectivity index (χ3v) is 4.21. The van der Waals surface area contributed by atoms with Crippen LogP contribution in [0, 0.1) is 11.8 Å². The van der Waals surface area contributed by atoms with Crippen LogP contribution in [0.5, 0.6) is 0 Å². The van der Waals surface area contributed by atoms with Gasteiger partial charge in [0.2, 0.25) is 0 Å². The Morgan fingerprint density at radius 3 is 2.53 bits per heavy atom. The van der Waals surface area contributed by atoms with Crippen molar-refractivity contribution < 1.29 is 4.74 Å². The number of likely N-dealkylation sites (N-methyl/N-ethyl adjacent to an activating group) is 1. The highest BCUT2D eigenvalue weighted by Crippen LogP contribution is 2.30. The Kier molecular flexibility index (Phi) is 7.14. The topological polar surface area (TPSA) is 21.3 Å². The van der Waals surface area contributed by atoms with Crippen molar-refractivity contribution in [2.75, 3.05) is 13.2 Å². The van der Waals surface area contributed by atoms with Crippen LogP contribution >= 0.6 is 0 Å². The van der Waals surface area contributed by atoms with E-state index in [9.17, 15) is 0 Å². The Bertz CT molecular complexity index is 189. The standard InChI is InChI=1S/C15H31NO/c1-5-7-14(16-6-2)11-17-15-9-8-12(3)13(4)10-15/h12-16H,5-11H2,1-4H3. The zero-order valence-electron chi connectivity index (χ0n) is 12.2. The molecule has 102 valence electrons. The van der Waals surface area contributed by atoms with Crippen molar-refractivity contribution in [2.45, 2.75) is 71.9 Å². The summed E-state index contributed by atoms with van der Waals surface area (Å²) in [4.78, 5) is 0. The van der Waals surface area contributed by atoms with E-state index in [0.717, 1.165) is 25.0 Å². The molecule has 0 bridgehead atoms. The summed E-state index contributed by atoms with van der Waals surface area (Å²) in [5.41, 5.74) is 0. The smallest absolute Gasteiger partial charge is 0.0623 e. The van der Waals surface area contributed by atoms with Gasteiger partial charge in [0.05, 0.1) is 12.7 Å². The van der Waals surface area contributed by atoms with Gasteiger partial charge in [0.25, 0.3) is 0 Å². The number of rotatable bonds is 7. The van der Waals surface area contributed by atoms with Gasteiger partial charge < -0.3 is 10.1 Å². The molecule has 1 saturated carbocycles. The second-order valence-corrected chi connectivity index (χ2v) is 5.77.